The summed E-state index contributed by atoms with van der Waals surface area (Å²) in [6, 6.07) is 19.7. The lowest BCUT2D eigenvalue weighted by atomic mass is 10.1. The van der Waals surface area contributed by atoms with Crippen LogP contribution in [-0.4, -0.2) is 54.4 Å². The number of rotatable bonds is 5. The van der Waals surface area contributed by atoms with Crippen LogP contribution in [0.3, 0.4) is 0 Å². The van der Waals surface area contributed by atoms with E-state index >= 15 is 0 Å². The number of ether oxygens (including phenoxy) is 1. The van der Waals surface area contributed by atoms with Crippen molar-refractivity contribution >= 4 is 17.5 Å². The molecular weight excluding hydrogens is 390 g/mol. The largest absolute Gasteiger partial charge is 0.495 e. The Balaban J connectivity index is 1.34. The minimum Gasteiger partial charge on any atom is -0.495 e. The van der Waals surface area contributed by atoms with Crippen LogP contribution in [0.15, 0.2) is 60.7 Å². The molecule has 2 amide bonds. The Morgan fingerprint density at radius 2 is 1.71 bits per heavy atom. The molecule has 3 aromatic rings. The first-order chi connectivity index (χ1) is 15.2. The van der Waals surface area contributed by atoms with Gasteiger partial charge in [-0.15, -0.1) is 10.2 Å². The van der Waals surface area contributed by atoms with Gasteiger partial charge in [0.2, 0.25) is 0 Å². The fraction of sp³-hybridized carbons (Fsp3) is 0.292. The summed E-state index contributed by atoms with van der Waals surface area (Å²) >= 11 is 0. The molecule has 0 bridgehead atoms. The lowest BCUT2D eigenvalue weighted by molar-refractivity contribution is 0.208. The lowest BCUT2D eigenvalue weighted by Gasteiger charge is -2.35. The van der Waals surface area contributed by atoms with E-state index in [0.717, 1.165) is 23.5 Å². The van der Waals surface area contributed by atoms with Crippen molar-refractivity contribution in [2.45, 2.75) is 13.3 Å². The molecule has 1 aliphatic rings. The molecule has 31 heavy (non-hydrogen) atoms. The third-order valence-corrected chi connectivity index (χ3v) is 5.55. The van der Waals surface area contributed by atoms with Gasteiger partial charge in [0.25, 0.3) is 0 Å². The molecule has 1 N–H and O–H groups in total. The monoisotopic (exact) mass is 417 g/mol. The van der Waals surface area contributed by atoms with Gasteiger partial charge in [-0.3, -0.25) is 0 Å². The Bertz CT molecular complexity index is 1010. The molecule has 0 spiro atoms. The number of aryl methyl sites for hydroxylation is 1. The lowest BCUT2D eigenvalue weighted by Crippen LogP contribution is -2.50. The summed E-state index contributed by atoms with van der Waals surface area (Å²) in [4.78, 5) is 16.6. The van der Waals surface area contributed by atoms with Crippen LogP contribution in [0.2, 0.25) is 0 Å². The van der Waals surface area contributed by atoms with E-state index < -0.39 is 0 Å². The van der Waals surface area contributed by atoms with Crippen molar-refractivity contribution in [2.75, 3.05) is 43.5 Å². The summed E-state index contributed by atoms with van der Waals surface area (Å²) in [5.74, 6) is 1.48. The maximum atomic E-state index is 12.6. The number of hydrogen-bond donors (Lipinski definition) is 1. The summed E-state index contributed by atoms with van der Waals surface area (Å²) < 4.78 is 5.30. The quantitative estimate of drug-likeness (QED) is 0.678. The molecule has 0 unspecified atom stereocenters. The van der Waals surface area contributed by atoms with Crippen LogP contribution in [0, 0.1) is 0 Å². The van der Waals surface area contributed by atoms with Crippen LogP contribution in [0.25, 0.3) is 11.3 Å². The van der Waals surface area contributed by atoms with Gasteiger partial charge < -0.3 is 19.9 Å². The molecule has 0 saturated carbocycles. The molecule has 0 radical (unpaired) electrons. The predicted octanol–water partition coefficient (Wildman–Crippen LogP) is 4.07. The van der Waals surface area contributed by atoms with Crippen molar-refractivity contribution in [2.24, 2.45) is 0 Å². The van der Waals surface area contributed by atoms with E-state index in [2.05, 4.69) is 51.6 Å². The van der Waals surface area contributed by atoms with Crippen LogP contribution < -0.4 is 15.0 Å². The summed E-state index contributed by atoms with van der Waals surface area (Å²) in [7, 11) is 1.59. The summed E-state index contributed by atoms with van der Waals surface area (Å²) in [6.45, 7) is 4.79. The minimum absolute atomic E-state index is 0.124. The smallest absolute Gasteiger partial charge is 0.322 e. The standard InChI is InChI=1S/C24H27N5O2/c1-3-18-8-10-19(11-9-18)20-12-13-23(27-26-20)28-14-16-29(17-15-28)24(30)25-21-6-4-5-7-22(21)31-2/h4-13H,3,14-17H2,1-2H3,(H,25,30). The topological polar surface area (TPSA) is 70.6 Å². The highest BCUT2D eigenvalue weighted by molar-refractivity contribution is 5.91. The number of urea groups is 1. The van der Waals surface area contributed by atoms with Crippen molar-refractivity contribution in [1.82, 2.24) is 15.1 Å². The zero-order chi connectivity index (χ0) is 21.6. The highest BCUT2D eigenvalue weighted by Crippen LogP contribution is 2.24. The van der Waals surface area contributed by atoms with Crippen LogP contribution in [0.1, 0.15) is 12.5 Å². The molecule has 1 aromatic heterocycles. The number of methoxy groups -OCH3 is 1. The van der Waals surface area contributed by atoms with Gasteiger partial charge in [-0.25, -0.2) is 4.79 Å². The average molecular weight is 418 g/mol. The summed E-state index contributed by atoms with van der Waals surface area (Å²) in [5, 5.41) is 11.8. The van der Waals surface area contributed by atoms with Gasteiger partial charge in [-0.1, -0.05) is 43.3 Å². The van der Waals surface area contributed by atoms with E-state index in [4.69, 9.17) is 4.74 Å². The number of carbonyl (C=O) groups excluding carboxylic acids is 1. The van der Waals surface area contributed by atoms with Crippen LogP contribution in [-0.2, 0) is 6.42 Å². The van der Waals surface area contributed by atoms with Gasteiger partial charge >= 0.3 is 6.03 Å². The first kappa shape index (κ1) is 20.7. The highest BCUT2D eigenvalue weighted by atomic mass is 16.5. The molecule has 2 aromatic carbocycles. The maximum absolute atomic E-state index is 12.6. The number of aromatic nitrogens is 2. The molecule has 1 aliphatic heterocycles. The number of hydrogen-bond acceptors (Lipinski definition) is 5. The molecule has 0 aliphatic carbocycles. The Kier molecular flexibility index (Phi) is 6.31. The van der Waals surface area contributed by atoms with E-state index in [1.165, 1.54) is 5.56 Å². The number of nitrogens with zero attached hydrogens (tertiary/aromatic N) is 4. The molecule has 7 heteroatoms. The van der Waals surface area contributed by atoms with Crippen LogP contribution in [0.5, 0.6) is 5.75 Å². The van der Waals surface area contributed by atoms with E-state index in [0.29, 0.717) is 37.6 Å². The van der Waals surface area contributed by atoms with Gasteiger partial charge in [0.05, 0.1) is 18.5 Å². The fourth-order valence-corrected chi connectivity index (χ4v) is 3.64. The molecule has 7 nitrogen and oxygen atoms in total. The number of para-hydroxylation sites is 2. The maximum Gasteiger partial charge on any atom is 0.322 e. The number of piperazine rings is 1. The van der Waals surface area contributed by atoms with E-state index in [1.807, 2.05) is 36.4 Å². The summed E-state index contributed by atoms with van der Waals surface area (Å²) in [5.41, 5.74) is 3.90. The minimum atomic E-state index is -0.124. The van der Waals surface area contributed by atoms with E-state index in [-0.39, 0.29) is 6.03 Å². The zero-order valence-electron chi connectivity index (χ0n) is 17.9. The van der Waals surface area contributed by atoms with Gasteiger partial charge in [0.15, 0.2) is 5.82 Å². The first-order valence-electron chi connectivity index (χ1n) is 10.5. The van der Waals surface area contributed by atoms with E-state index in [1.54, 1.807) is 12.0 Å². The Morgan fingerprint density at radius 1 is 0.968 bits per heavy atom. The number of nitrogens with one attached hydrogen (secondary N) is 1. The van der Waals surface area contributed by atoms with Gasteiger partial charge in [-0.2, -0.15) is 0 Å². The molecule has 4 rings (SSSR count). The number of carbonyl (C=O) groups is 1. The van der Waals surface area contributed by atoms with Crippen molar-refractivity contribution in [3.05, 3.63) is 66.2 Å². The van der Waals surface area contributed by atoms with Gasteiger partial charge in [-0.05, 0) is 36.2 Å². The molecule has 2 heterocycles. The molecular formula is C24H27N5O2. The number of benzene rings is 2. The molecule has 160 valence electrons. The van der Waals surface area contributed by atoms with Crippen molar-refractivity contribution in [1.29, 1.82) is 0 Å². The second-order valence-electron chi connectivity index (χ2n) is 7.43. The zero-order valence-corrected chi connectivity index (χ0v) is 17.9. The van der Waals surface area contributed by atoms with Gasteiger partial charge in [0, 0.05) is 31.7 Å². The Hall–Kier alpha value is -3.61. The third-order valence-electron chi connectivity index (χ3n) is 5.55. The second-order valence-corrected chi connectivity index (χ2v) is 7.43. The van der Waals surface area contributed by atoms with E-state index in [9.17, 15) is 4.79 Å². The van der Waals surface area contributed by atoms with Crippen molar-refractivity contribution in [3.63, 3.8) is 0 Å². The number of anilines is 2. The molecule has 1 fully saturated rings. The summed E-state index contributed by atoms with van der Waals surface area (Å²) in [6.07, 6.45) is 1.02. The SMILES string of the molecule is CCc1ccc(-c2ccc(N3CCN(C(=O)Nc4ccccc4OC)CC3)nn2)cc1. The fourth-order valence-electron chi connectivity index (χ4n) is 3.64. The normalized spacial score (nSPS) is 13.7. The van der Waals surface area contributed by atoms with Crippen molar-refractivity contribution < 1.29 is 9.53 Å². The van der Waals surface area contributed by atoms with Crippen molar-refractivity contribution in [3.8, 4) is 17.0 Å². The molecule has 0 atom stereocenters. The van der Waals surface area contributed by atoms with Crippen LogP contribution in [0.4, 0.5) is 16.3 Å². The molecule has 1 saturated heterocycles. The predicted molar refractivity (Wildman–Crippen MR) is 123 cm³/mol. The Labute approximate surface area is 182 Å². The highest BCUT2D eigenvalue weighted by Gasteiger charge is 2.23. The third kappa shape index (κ3) is 4.77. The first-order valence-corrected chi connectivity index (χ1v) is 10.5. The average Bonchev–Trinajstić information content (AvgIpc) is 2.84. The number of amides is 2. The second kappa shape index (κ2) is 9.47. The van der Waals surface area contributed by atoms with Crippen LogP contribution >= 0.6 is 0 Å². The van der Waals surface area contributed by atoms with Gasteiger partial charge in [0.1, 0.15) is 5.75 Å². The Morgan fingerprint density at radius 3 is 2.35 bits per heavy atom.